The number of ether oxygens (including phenoxy) is 1. The van der Waals surface area contributed by atoms with Crippen molar-refractivity contribution >= 4 is 17.3 Å². The molecule has 0 amide bonds. The van der Waals surface area contributed by atoms with Crippen molar-refractivity contribution in [1.29, 1.82) is 0 Å². The van der Waals surface area contributed by atoms with E-state index in [1.54, 1.807) is 12.3 Å². The summed E-state index contributed by atoms with van der Waals surface area (Å²) in [5.41, 5.74) is 4.04. The number of carbonyl (C=O) groups excluding carboxylic acids is 1. The third-order valence-electron chi connectivity index (χ3n) is 3.57. The van der Waals surface area contributed by atoms with Crippen LogP contribution in [0.25, 0.3) is 5.13 Å². The van der Waals surface area contributed by atoms with Gasteiger partial charge in [0.05, 0.1) is 12.3 Å². The third kappa shape index (κ3) is 2.24. The zero-order valence-corrected chi connectivity index (χ0v) is 12.5. The van der Waals surface area contributed by atoms with Crippen molar-refractivity contribution in [1.82, 2.24) is 14.8 Å². The third-order valence-corrected chi connectivity index (χ3v) is 4.39. The van der Waals surface area contributed by atoms with Crippen molar-refractivity contribution in [3.63, 3.8) is 0 Å². The van der Waals surface area contributed by atoms with E-state index in [0.29, 0.717) is 12.3 Å². The summed E-state index contributed by atoms with van der Waals surface area (Å²) in [7, 11) is 0. The minimum atomic E-state index is -0.371. The molecule has 1 aliphatic carbocycles. The van der Waals surface area contributed by atoms with Crippen LogP contribution in [0.15, 0.2) is 5.38 Å². The van der Waals surface area contributed by atoms with Crippen molar-refractivity contribution in [2.24, 2.45) is 0 Å². The predicted octanol–water partition coefficient (Wildman–Crippen LogP) is 2.69. The second kappa shape index (κ2) is 5.36. The van der Waals surface area contributed by atoms with Gasteiger partial charge in [-0.25, -0.2) is 14.5 Å². The molecule has 2 heterocycles. The van der Waals surface area contributed by atoms with Gasteiger partial charge >= 0.3 is 5.97 Å². The van der Waals surface area contributed by atoms with Crippen LogP contribution in [0.5, 0.6) is 0 Å². The Labute approximate surface area is 121 Å². The second-order valence-corrected chi connectivity index (χ2v) is 5.70. The molecule has 0 saturated carbocycles. The Hall–Kier alpha value is -1.69. The summed E-state index contributed by atoms with van der Waals surface area (Å²) in [4.78, 5) is 16.0. The molecule has 20 heavy (non-hydrogen) atoms. The van der Waals surface area contributed by atoms with Gasteiger partial charge in [-0.3, -0.25) is 0 Å². The van der Waals surface area contributed by atoms with Gasteiger partial charge < -0.3 is 4.74 Å². The van der Waals surface area contributed by atoms with Crippen LogP contribution < -0.4 is 0 Å². The van der Waals surface area contributed by atoms with Crippen LogP contribution in [0.3, 0.4) is 0 Å². The molecule has 2 aromatic heterocycles. The molecule has 0 radical (unpaired) electrons. The van der Waals surface area contributed by atoms with Crippen LogP contribution in [0, 0.1) is 6.92 Å². The Morgan fingerprint density at radius 2 is 2.25 bits per heavy atom. The molecule has 0 atom stereocenters. The van der Waals surface area contributed by atoms with E-state index in [-0.39, 0.29) is 5.97 Å². The molecule has 0 saturated heterocycles. The average molecular weight is 291 g/mol. The summed E-state index contributed by atoms with van der Waals surface area (Å²) >= 11 is 1.42. The van der Waals surface area contributed by atoms with Crippen molar-refractivity contribution < 1.29 is 9.53 Å². The van der Waals surface area contributed by atoms with Gasteiger partial charge in [-0.2, -0.15) is 5.10 Å². The molecule has 3 rings (SSSR count). The quantitative estimate of drug-likeness (QED) is 0.816. The number of aromatic nitrogens is 3. The Kier molecular flexibility index (Phi) is 3.56. The van der Waals surface area contributed by atoms with E-state index in [0.717, 1.165) is 23.7 Å². The summed E-state index contributed by atoms with van der Waals surface area (Å²) in [6.45, 7) is 4.22. The maximum atomic E-state index is 11.7. The zero-order chi connectivity index (χ0) is 14.1. The number of aryl methyl sites for hydroxylation is 1. The maximum absolute atomic E-state index is 11.7. The van der Waals surface area contributed by atoms with Gasteiger partial charge in [-0.15, -0.1) is 11.3 Å². The first-order chi connectivity index (χ1) is 9.70. The number of rotatable bonds is 3. The highest BCUT2D eigenvalue weighted by Gasteiger charge is 2.21. The lowest BCUT2D eigenvalue weighted by Crippen LogP contribution is -2.06. The number of carbonyl (C=O) groups is 1. The molecule has 0 fully saturated rings. The zero-order valence-electron chi connectivity index (χ0n) is 11.7. The highest BCUT2D eigenvalue weighted by atomic mass is 32.1. The Morgan fingerprint density at radius 1 is 1.45 bits per heavy atom. The van der Waals surface area contributed by atoms with Crippen molar-refractivity contribution in [2.75, 3.05) is 6.61 Å². The highest BCUT2D eigenvalue weighted by molar-refractivity contribution is 7.12. The van der Waals surface area contributed by atoms with Gasteiger partial charge in [0.1, 0.15) is 0 Å². The fourth-order valence-electron chi connectivity index (χ4n) is 2.56. The van der Waals surface area contributed by atoms with Crippen molar-refractivity contribution in [3.8, 4) is 5.13 Å². The van der Waals surface area contributed by atoms with Gasteiger partial charge in [-0.1, -0.05) is 0 Å². The summed E-state index contributed by atoms with van der Waals surface area (Å²) < 4.78 is 6.83. The topological polar surface area (TPSA) is 57.0 Å². The van der Waals surface area contributed by atoms with E-state index in [4.69, 9.17) is 4.74 Å². The summed E-state index contributed by atoms with van der Waals surface area (Å²) in [5.74, 6) is -0.371. The molecule has 1 aliphatic rings. The normalized spacial score (nSPS) is 14.1. The van der Waals surface area contributed by atoms with Crippen LogP contribution in [0.1, 0.15) is 47.2 Å². The van der Waals surface area contributed by atoms with Gasteiger partial charge in [-0.05, 0) is 45.1 Å². The molecule has 0 unspecified atom stereocenters. The van der Waals surface area contributed by atoms with Gasteiger partial charge in [0, 0.05) is 11.1 Å². The number of thiazole rings is 1. The number of hydrogen-bond acceptors (Lipinski definition) is 5. The van der Waals surface area contributed by atoms with Crippen LogP contribution in [0.2, 0.25) is 0 Å². The lowest BCUT2D eigenvalue weighted by molar-refractivity contribution is 0.0520. The van der Waals surface area contributed by atoms with Gasteiger partial charge in [0.2, 0.25) is 5.13 Å². The Balaban J connectivity index is 1.94. The van der Waals surface area contributed by atoms with E-state index in [2.05, 4.69) is 17.0 Å². The van der Waals surface area contributed by atoms with Crippen LogP contribution in [-0.4, -0.2) is 27.3 Å². The Bertz CT molecular complexity index is 645. The van der Waals surface area contributed by atoms with Gasteiger partial charge in [0.25, 0.3) is 0 Å². The maximum Gasteiger partial charge on any atom is 0.357 e. The summed E-state index contributed by atoms with van der Waals surface area (Å²) in [6, 6.07) is 0. The standard InChI is InChI=1S/C14H17N3O2S/c1-3-19-13(18)12-8-20-14(15-12)17-9(2)10-6-4-5-7-11(10)16-17/h8H,3-7H2,1-2H3. The smallest absolute Gasteiger partial charge is 0.357 e. The first-order valence-electron chi connectivity index (χ1n) is 6.91. The molecular weight excluding hydrogens is 274 g/mol. The molecule has 0 N–H and O–H groups in total. The molecule has 0 aromatic carbocycles. The number of hydrogen-bond donors (Lipinski definition) is 0. The van der Waals surface area contributed by atoms with Crippen molar-refractivity contribution in [2.45, 2.75) is 39.5 Å². The highest BCUT2D eigenvalue weighted by Crippen LogP contribution is 2.26. The Morgan fingerprint density at radius 3 is 3.00 bits per heavy atom. The van der Waals surface area contributed by atoms with Crippen LogP contribution in [0.4, 0.5) is 0 Å². The van der Waals surface area contributed by atoms with Gasteiger partial charge in [0.15, 0.2) is 5.69 Å². The second-order valence-electron chi connectivity index (χ2n) is 4.87. The molecule has 6 heteroatoms. The molecule has 106 valence electrons. The number of nitrogens with zero attached hydrogens (tertiary/aromatic N) is 3. The lowest BCUT2D eigenvalue weighted by atomic mass is 9.96. The fraction of sp³-hybridized carbons (Fsp3) is 0.500. The molecular formula is C14H17N3O2S. The SMILES string of the molecule is CCOC(=O)c1csc(-n2nc3c(c2C)CCCC3)n1. The van der Waals surface area contributed by atoms with E-state index < -0.39 is 0 Å². The minimum absolute atomic E-state index is 0.361. The molecule has 5 nitrogen and oxygen atoms in total. The summed E-state index contributed by atoms with van der Waals surface area (Å²) in [5, 5.41) is 7.12. The van der Waals surface area contributed by atoms with Crippen molar-refractivity contribution in [3.05, 3.63) is 28.0 Å². The van der Waals surface area contributed by atoms with E-state index in [1.807, 2.05) is 4.68 Å². The largest absolute Gasteiger partial charge is 0.461 e. The lowest BCUT2D eigenvalue weighted by Gasteiger charge is -2.08. The molecule has 0 spiro atoms. The number of esters is 1. The van der Waals surface area contributed by atoms with E-state index in [1.165, 1.54) is 35.4 Å². The molecule has 0 bridgehead atoms. The number of fused-ring (bicyclic) bond motifs is 1. The first-order valence-corrected chi connectivity index (χ1v) is 7.79. The van der Waals surface area contributed by atoms with Crippen LogP contribution in [-0.2, 0) is 17.6 Å². The monoisotopic (exact) mass is 291 g/mol. The van der Waals surface area contributed by atoms with Crippen LogP contribution >= 0.6 is 11.3 Å². The molecule has 0 aliphatic heterocycles. The van der Waals surface area contributed by atoms with E-state index >= 15 is 0 Å². The predicted molar refractivity (Wildman–Crippen MR) is 76.6 cm³/mol. The first kappa shape index (κ1) is 13.3. The molecule has 2 aromatic rings. The average Bonchev–Trinajstić information content (AvgIpc) is 3.05. The fourth-order valence-corrected chi connectivity index (χ4v) is 3.35. The minimum Gasteiger partial charge on any atom is -0.461 e. The summed E-state index contributed by atoms with van der Waals surface area (Å²) in [6.07, 6.45) is 4.57. The van der Waals surface area contributed by atoms with E-state index in [9.17, 15) is 4.79 Å².